The van der Waals surface area contributed by atoms with Gasteiger partial charge in [-0.15, -0.1) is 0 Å². The Morgan fingerprint density at radius 1 is 1.32 bits per heavy atom. The number of aryl methyl sites for hydroxylation is 1. The van der Waals surface area contributed by atoms with Crippen LogP contribution in [0, 0.1) is 0 Å². The first kappa shape index (κ1) is 14.2. The second-order valence-corrected chi connectivity index (χ2v) is 4.98. The van der Waals surface area contributed by atoms with Crippen LogP contribution >= 0.6 is 0 Å². The van der Waals surface area contributed by atoms with E-state index < -0.39 is 0 Å². The van der Waals surface area contributed by atoms with E-state index in [0.717, 1.165) is 29.3 Å². The minimum absolute atomic E-state index is 0.343. The fourth-order valence-electron chi connectivity index (χ4n) is 2.15. The van der Waals surface area contributed by atoms with E-state index in [0.29, 0.717) is 25.7 Å². The van der Waals surface area contributed by atoms with E-state index in [1.165, 1.54) is 0 Å². The number of fused-ring (bicyclic) bond motifs is 1. The van der Waals surface area contributed by atoms with Crippen molar-refractivity contribution in [3.8, 4) is 11.5 Å². The first-order chi connectivity index (χ1) is 10.7. The standard InChI is InChI=1S/C15H19N5O2/c1-20-12(5-6-18-20)10-17-15(16)19-11-3-4-13-14(9-11)22-8-2-7-21-13/h3-6,9H,2,7-8,10H2,1H3,(H3,16,17,19). The molecular formula is C15H19N5O2. The van der Waals surface area contributed by atoms with Crippen LogP contribution in [0.4, 0.5) is 5.69 Å². The number of aliphatic imine (C=N–C) groups is 1. The number of anilines is 1. The molecule has 7 nitrogen and oxygen atoms in total. The molecule has 0 bridgehead atoms. The number of nitrogens with zero attached hydrogens (tertiary/aromatic N) is 3. The smallest absolute Gasteiger partial charge is 0.193 e. The molecule has 116 valence electrons. The van der Waals surface area contributed by atoms with Gasteiger partial charge in [0, 0.05) is 31.4 Å². The summed E-state index contributed by atoms with van der Waals surface area (Å²) in [6.07, 6.45) is 2.62. The van der Waals surface area contributed by atoms with Gasteiger partial charge in [0.25, 0.3) is 0 Å². The number of nitrogens with one attached hydrogen (secondary N) is 1. The van der Waals surface area contributed by atoms with Crippen molar-refractivity contribution in [2.75, 3.05) is 18.5 Å². The third-order valence-corrected chi connectivity index (χ3v) is 3.35. The third-order valence-electron chi connectivity index (χ3n) is 3.35. The first-order valence-corrected chi connectivity index (χ1v) is 7.16. The van der Waals surface area contributed by atoms with Gasteiger partial charge < -0.3 is 20.5 Å². The number of benzene rings is 1. The van der Waals surface area contributed by atoms with Crippen LogP contribution in [0.2, 0.25) is 0 Å². The van der Waals surface area contributed by atoms with Crippen molar-refractivity contribution in [1.29, 1.82) is 0 Å². The average Bonchev–Trinajstić information content (AvgIpc) is 2.78. The van der Waals surface area contributed by atoms with Crippen LogP contribution in [0.1, 0.15) is 12.1 Å². The average molecular weight is 301 g/mol. The molecular weight excluding hydrogens is 282 g/mol. The van der Waals surface area contributed by atoms with Crippen LogP contribution in [-0.4, -0.2) is 29.0 Å². The fourth-order valence-corrected chi connectivity index (χ4v) is 2.15. The summed E-state index contributed by atoms with van der Waals surface area (Å²) in [4.78, 5) is 4.30. The van der Waals surface area contributed by atoms with Crippen molar-refractivity contribution in [2.24, 2.45) is 17.8 Å². The Morgan fingerprint density at radius 3 is 2.91 bits per heavy atom. The van der Waals surface area contributed by atoms with Gasteiger partial charge in [0.05, 0.1) is 25.5 Å². The van der Waals surface area contributed by atoms with Gasteiger partial charge in [0.15, 0.2) is 17.5 Å². The highest BCUT2D eigenvalue weighted by Gasteiger charge is 2.10. The first-order valence-electron chi connectivity index (χ1n) is 7.16. The van der Waals surface area contributed by atoms with Crippen LogP contribution in [0.15, 0.2) is 35.5 Å². The molecule has 0 radical (unpaired) electrons. The molecule has 2 heterocycles. The van der Waals surface area contributed by atoms with Crippen molar-refractivity contribution >= 4 is 11.6 Å². The Morgan fingerprint density at radius 2 is 2.14 bits per heavy atom. The fraction of sp³-hybridized carbons (Fsp3) is 0.333. The highest BCUT2D eigenvalue weighted by Crippen LogP contribution is 2.32. The lowest BCUT2D eigenvalue weighted by molar-refractivity contribution is 0.297. The highest BCUT2D eigenvalue weighted by molar-refractivity contribution is 5.92. The van der Waals surface area contributed by atoms with Gasteiger partial charge in [-0.1, -0.05) is 0 Å². The van der Waals surface area contributed by atoms with Crippen molar-refractivity contribution in [3.05, 3.63) is 36.2 Å². The molecule has 1 aromatic carbocycles. The molecule has 0 aliphatic carbocycles. The molecule has 0 spiro atoms. The SMILES string of the molecule is Cn1nccc1CN=C(N)Nc1ccc2c(c1)OCCCO2. The molecule has 0 fully saturated rings. The predicted molar refractivity (Wildman–Crippen MR) is 84.2 cm³/mol. The summed E-state index contributed by atoms with van der Waals surface area (Å²) in [6, 6.07) is 7.54. The lowest BCUT2D eigenvalue weighted by Crippen LogP contribution is -2.22. The van der Waals surface area contributed by atoms with Crippen molar-refractivity contribution in [3.63, 3.8) is 0 Å². The Hall–Kier alpha value is -2.70. The zero-order valence-electron chi connectivity index (χ0n) is 12.5. The number of hydrogen-bond donors (Lipinski definition) is 2. The summed E-state index contributed by atoms with van der Waals surface area (Å²) in [6.45, 7) is 1.80. The third kappa shape index (κ3) is 3.30. The molecule has 3 N–H and O–H groups in total. The number of nitrogens with two attached hydrogens (primary N) is 1. The van der Waals surface area contributed by atoms with Crippen LogP contribution < -0.4 is 20.5 Å². The maximum atomic E-state index is 5.92. The van der Waals surface area contributed by atoms with Crippen molar-refractivity contribution < 1.29 is 9.47 Å². The number of rotatable bonds is 3. The molecule has 3 rings (SSSR count). The van der Waals surface area contributed by atoms with Crippen LogP contribution in [0.5, 0.6) is 11.5 Å². The Balaban J connectivity index is 1.67. The summed E-state index contributed by atoms with van der Waals surface area (Å²) in [5, 5.41) is 7.15. The molecule has 1 aliphatic rings. The lowest BCUT2D eigenvalue weighted by Gasteiger charge is -2.10. The Bertz CT molecular complexity index is 680. The van der Waals surface area contributed by atoms with Crippen LogP contribution in [0.3, 0.4) is 0 Å². The summed E-state index contributed by atoms with van der Waals surface area (Å²) >= 11 is 0. The second kappa shape index (κ2) is 6.38. The van der Waals surface area contributed by atoms with E-state index in [-0.39, 0.29) is 0 Å². The molecule has 22 heavy (non-hydrogen) atoms. The topological polar surface area (TPSA) is 86.7 Å². The summed E-state index contributed by atoms with van der Waals surface area (Å²) < 4.78 is 13.0. The largest absolute Gasteiger partial charge is 0.490 e. The van der Waals surface area contributed by atoms with Gasteiger partial charge in [0.1, 0.15) is 0 Å². The molecule has 0 unspecified atom stereocenters. The van der Waals surface area contributed by atoms with E-state index in [1.54, 1.807) is 10.9 Å². The minimum Gasteiger partial charge on any atom is -0.490 e. The second-order valence-electron chi connectivity index (χ2n) is 4.98. The molecule has 0 amide bonds. The number of ether oxygens (including phenoxy) is 2. The summed E-state index contributed by atoms with van der Waals surface area (Å²) in [5.41, 5.74) is 7.72. The zero-order valence-corrected chi connectivity index (χ0v) is 12.5. The van der Waals surface area contributed by atoms with Gasteiger partial charge in [-0.2, -0.15) is 5.10 Å². The summed E-state index contributed by atoms with van der Waals surface area (Å²) in [7, 11) is 1.87. The maximum Gasteiger partial charge on any atom is 0.193 e. The van der Waals surface area contributed by atoms with Gasteiger partial charge in [-0.3, -0.25) is 4.68 Å². The van der Waals surface area contributed by atoms with Crippen molar-refractivity contribution in [2.45, 2.75) is 13.0 Å². The normalized spacial score (nSPS) is 14.5. The molecule has 1 aliphatic heterocycles. The van der Waals surface area contributed by atoms with Crippen LogP contribution in [-0.2, 0) is 13.6 Å². The summed E-state index contributed by atoms with van der Waals surface area (Å²) in [5.74, 6) is 1.83. The van der Waals surface area contributed by atoms with Crippen LogP contribution in [0.25, 0.3) is 0 Å². The highest BCUT2D eigenvalue weighted by atomic mass is 16.5. The minimum atomic E-state index is 0.343. The van der Waals surface area contributed by atoms with E-state index >= 15 is 0 Å². The predicted octanol–water partition coefficient (Wildman–Crippen LogP) is 1.51. The van der Waals surface area contributed by atoms with Crippen molar-refractivity contribution in [1.82, 2.24) is 9.78 Å². The quantitative estimate of drug-likeness (QED) is 0.663. The van der Waals surface area contributed by atoms with E-state index in [9.17, 15) is 0 Å². The van der Waals surface area contributed by atoms with Gasteiger partial charge in [0.2, 0.25) is 0 Å². The van der Waals surface area contributed by atoms with Gasteiger partial charge in [-0.25, -0.2) is 4.99 Å². The Kier molecular flexibility index (Phi) is 4.13. The van der Waals surface area contributed by atoms with Gasteiger partial charge in [-0.05, 0) is 18.2 Å². The van der Waals surface area contributed by atoms with E-state index in [2.05, 4.69) is 15.4 Å². The monoisotopic (exact) mass is 301 g/mol. The number of hydrogen-bond acceptors (Lipinski definition) is 4. The molecule has 7 heteroatoms. The molecule has 0 atom stereocenters. The molecule has 0 saturated carbocycles. The number of guanidine groups is 1. The Labute approximate surface area is 128 Å². The maximum absolute atomic E-state index is 5.92. The van der Waals surface area contributed by atoms with E-state index in [1.807, 2.05) is 31.3 Å². The lowest BCUT2D eigenvalue weighted by atomic mass is 10.3. The van der Waals surface area contributed by atoms with E-state index in [4.69, 9.17) is 15.2 Å². The molecule has 1 aromatic heterocycles. The van der Waals surface area contributed by atoms with Gasteiger partial charge >= 0.3 is 0 Å². The number of aromatic nitrogens is 2. The molecule has 2 aromatic rings. The molecule has 0 saturated heterocycles. The zero-order chi connectivity index (χ0) is 15.4.